The molecule has 0 saturated carbocycles. The lowest BCUT2D eigenvalue weighted by Crippen LogP contribution is -2.47. The Labute approximate surface area is 137 Å². The molecule has 3 rings (SSSR count). The first-order valence-electron chi connectivity index (χ1n) is 8.35. The molecule has 2 aromatic rings. The molecular formula is C18H26N4O. The van der Waals surface area contributed by atoms with Crippen LogP contribution in [0.5, 0.6) is 0 Å². The lowest BCUT2D eigenvalue weighted by Gasteiger charge is -2.35. The van der Waals surface area contributed by atoms with Gasteiger partial charge in [-0.2, -0.15) is 5.10 Å². The van der Waals surface area contributed by atoms with E-state index >= 15 is 0 Å². The van der Waals surface area contributed by atoms with Gasteiger partial charge in [0.05, 0.1) is 11.8 Å². The van der Waals surface area contributed by atoms with Crippen LogP contribution in [0.25, 0.3) is 0 Å². The first kappa shape index (κ1) is 16.0. The third-order valence-corrected chi connectivity index (χ3v) is 4.51. The van der Waals surface area contributed by atoms with Gasteiger partial charge in [0.1, 0.15) is 5.82 Å². The Bertz CT molecular complexity index is 625. The summed E-state index contributed by atoms with van der Waals surface area (Å²) in [5.41, 5.74) is 2.02. The predicted octanol–water partition coefficient (Wildman–Crippen LogP) is 2.02. The molecule has 0 bridgehead atoms. The number of aromatic nitrogens is 2. The Hall–Kier alpha value is -1.85. The van der Waals surface area contributed by atoms with E-state index in [1.165, 1.54) is 5.82 Å². The molecule has 1 aromatic heterocycles. The van der Waals surface area contributed by atoms with Crippen molar-refractivity contribution in [2.45, 2.75) is 31.9 Å². The van der Waals surface area contributed by atoms with E-state index in [2.05, 4.69) is 21.4 Å². The molecule has 5 nitrogen and oxygen atoms in total. The second kappa shape index (κ2) is 7.15. The van der Waals surface area contributed by atoms with Gasteiger partial charge in [-0.1, -0.05) is 30.3 Å². The first-order valence-corrected chi connectivity index (χ1v) is 8.35. The summed E-state index contributed by atoms with van der Waals surface area (Å²) in [7, 11) is 2.00. The fraction of sp³-hybridized carbons (Fsp3) is 0.500. The maximum Gasteiger partial charge on any atom is 0.126 e. The monoisotopic (exact) mass is 314 g/mol. The molecule has 0 spiro atoms. The minimum absolute atomic E-state index is 0.400. The largest absolute Gasteiger partial charge is 0.387 e. The molecule has 2 atom stereocenters. The van der Waals surface area contributed by atoms with E-state index in [1.54, 1.807) is 0 Å². The molecule has 1 saturated heterocycles. The number of hydrogen-bond donors (Lipinski definition) is 2. The zero-order chi connectivity index (χ0) is 16.2. The smallest absolute Gasteiger partial charge is 0.126 e. The van der Waals surface area contributed by atoms with Crippen LogP contribution >= 0.6 is 0 Å². The van der Waals surface area contributed by atoms with Gasteiger partial charge in [-0.3, -0.25) is 4.68 Å². The Balaban J connectivity index is 1.56. The predicted molar refractivity (Wildman–Crippen MR) is 92.6 cm³/mol. The minimum atomic E-state index is -0.453. The SMILES string of the molecule is Cc1cc(N2CCCC(NC[C@H](O)c3ccccc3)C2)n(C)n1. The topological polar surface area (TPSA) is 53.3 Å². The average Bonchev–Trinajstić information content (AvgIpc) is 2.92. The van der Waals surface area contributed by atoms with Crippen molar-refractivity contribution >= 4 is 5.82 Å². The van der Waals surface area contributed by atoms with Gasteiger partial charge in [-0.25, -0.2) is 0 Å². The highest BCUT2D eigenvalue weighted by molar-refractivity contribution is 5.41. The fourth-order valence-corrected chi connectivity index (χ4v) is 3.32. The van der Waals surface area contributed by atoms with Crippen molar-refractivity contribution in [2.75, 3.05) is 24.5 Å². The van der Waals surface area contributed by atoms with Crippen molar-refractivity contribution in [1.29, 1.82) is 0 Å². The highest BCUT2D eigenvalue weighted by Gasteiger charge is 2.22. The number of anilines is 1. The highest BCUT2D eigenvalue weighted by atomic mass is 16.3. The van der Waals surface area contributed by atoms with Gasteiger partial charge in [0.2, 0.25) is 0 Å². The van der Waals surface area contributed by atoms with Gasteiger partial charge >= 0.3 is 0 Å². The summed E-state index contributed by atoms with van der Waals surface area (Å²) >= 11 is 0. The van der Waals surface area contributed by atoms with Gasteiger partial charge in [0, 0.05) is 38.8 Å². The minimum Gasteiger partial charge on any atom is -0.387 e. The maximum atomic E-state index is 10.3. The van der Waals surface area contributed by atoms with E-state index in [0.29, 0.717) is 12.6 Å². The lowest BCUT2D eigenvalue weighted by molar-refractivity contribution is 0.168. The van der Waals surface area contributed by atoms with Crippen LogP contribution in [-0.4, -0.2) is 40.6 Å². The number of nitrogens with one attached hydrogen (secondary N) is 1. The fourth-order valence-electron chi connectivity index (χ4n) is 3.32. The van der Waals surface area contributed by atoms with Crippen LogP contribution in [0, 0.1) is 6.92 Å². The van der Waals surface area contributed by atoms with E-state index in [1.807, 2.05) is 49.0 Å². The number of piperidine rings is 1. The molecule has 2 N–H and O–H groups in total. The van der Waals surface area contributed by atoms with E-state index in [4.69, 9.17) is 0 Å². The second-order valence-corrected chi connectivity index (χ2v) is 6.39. The quantitative estimate of drug-likeness (QED) is 0.886. The van der Waals surface area contributed by atoms with Gasteiger partial charge in [-0.15, -0.1) is 0 Å². The molecule has 1 aliphatic rings. The van der Waals surface area contributed by atoms with Gasteiger partial charge in [0.25, 0.3) is 0 Å². The van der Waals surface area contributed by atoms with Crippen LogP contribution < -0.4 is 10.2 Å². The van der Waals surface area contributed by atoms with Crippen LogP contribution in [0.3, 0.4) is 0 Å². The van der Waals surface area contributed by atoms with E-state index in [0.717, 1.165) is 37.2 Å². The number of aryl methyl sites for hydroxylation is 2. The number of aliphatic hydroxyl groups excluding tert-OH is 1. The Kier molecular flexibility index (Phi) is 4.98. The Morgan fingerprint density at radius 2 is 2.13 bits per heavy atom. The van der Waals surface area contributed by atoms with Crippen LogP contribution in [0.1, 0.15) is 30.2 Å². The second-order valence-electron chi connectivity index (χ2n) is 6.39. The van der Waals surface area contributed by atoms with E-state index < -0.39 is 6.10 Å². The van der Waals surface area contributed by atoms with Crippen molar-refractivity contribution in [1.82, 2.24) is 15.1 Å². The number of rotatable bonds is 5. The van der Waals surface area contributed by atoms with Crippen molar-refractivity contribution < 1.29 is 5.11 Å². The van der Waals surface area contributed by atoms with Crippen molar-refractivity contribution in [2.24, 2.45) is 7.05 Å². The van der Waals surface area contributed by atoms with Crippen molar-refractivity contribution in [3.8, 4) is 0 Å². The lowest BCUT2D eigenvalue weighted by atomic mass is 10.0. The molecule has 1 fully saturated rings. The Morgan fingerprint density at radius 1 is 1.35 bits per heavy atom. The zero-order valence-corrected chi connectivity index (χ0v) is 13.9. The number of hydrogen-bond acceptors (Lipinski definition) is 4. The maximum absolute atomic E-state index is 10.3. The number of aliphatic hydroxyl groups is 1. The summed E-state index contributed by atoms with van der Waals surface area (Å²) in [5.74, 6) is 1.18. The molecule has 0 radical (unpaired) electrons. The summed E-state index contributed by atoms with van der Waals surface area (Å²) in [4.78, 5) is 2.38. The summed E-state index contributed by atoms with van der Waals surface area (Å²) in [6.45, 7) is 4.64. The molecule has 0 aliphatic carbocycles. The van der Waals surface area contributed by atoms with Crippen molar-refractivity contribution in [3.05, 3.63) is 47.7 Å². The molecule has 124 valence electrons. The standard InChI is InChI=1S/C18H26N4O/c1-14-11-18(21(2)20-14)22-10-6-9-16(13-22)19-12-17(23)15-7-4-3-5-8-15/h3-5,7-8,11,16-17,19,23H,6,9-10,12-13H2,1-2H3/t16?,17-/m0/s1. The van der Waals surface area contributed by atoms with Gasteiger partial charge in [-0.05, 0) is 25.3 Å². The molecule has 1 aromatic carbocycles. The molecule has 23 heavy (non-hydrogen) atoms. The summed E-state index contributed by atoms with van der Waals surface area (Å²) < 4.78 is 1.95. The number of nitrogens with zero attached hydrogens (tertiary/aromatic N) is 3. The normalized spacial score (nSPS) is 19.8. The van der Waals surface area contributed by atoms with Gasteiger partial charge < -0.3 is 15.3 Å². The van der Waals surface area contributed by atoms with Crippen LogP contribution in [0.15, 0.2) is 36.4 Å². The third kappa shape index (κ3) is 3.92. The molecule has 2 heterocycles. The molecule has 1 aliphatic heterocycles. The van der Waals surface area contributed by atoms with Crippen LogP contribution in [0.4, 0.5) is 5.82 Å². The average molecular weight is 314 g/mol. The van der Waals surface area contributed by atoms with Crippen LogP contribution in [0.2, 0.25) is 0 Å². The van der Waals surface area contributed by atoms with E-state index in [9.17, 15) is 5.11 Å². The van der Waals surface area contributed by atoms with E-state index in [-0.39, 0.29) is 0 Å². The molecular weight excluding hydrogens is 288 g/mol. The number of benzene rings is 1. The molecule has 5 heteroatoms. The molecule has 0 amide bonds. The van der Waals surface area contributed by atoms with Crippen LogP contribution in [-0.2, 0) is 7.05 Å². The summed E-state index contributed by atoms with van der Waals surface area (Å²) in [6, 6.07) is 12.4. The first-order chi connectivity index (χ1) is 11.1. The Morgan fingerprint density at radius 3 is 2.83 bits per heavy atom. The summed E-state index contributed by atoms with van der Waals surface area (Å²) in [5, 5.41) is 18.3. The molecule has 1 unspecified atom stereocenters. The zero-order valence-electron chi connectivity index (χ0n) is 13.9. The van der Waals surface area contributed by atoms with Gasteiger partial charge in [0.15, 0.2) is 0 Å². The van der Waals surface area contributed by atoms with Crippen molar-refractivity contribution in [3.63, 3.8) is 0 Å². The third-order valence-electron chi connectivity index (χ3n) is 4.51. The summed E-state index contributed by atoms with van der Waals surface area (Å²) in [6.07, 6.45) is 1.85. The highest BCUT2D eigenvalue weighted by Crippen LogP contribution is 2.21.